The highest BCUT2D eigenvalue weighted by Gasteiger charge is 2.31. The summed E-state index contributed by atoms with van der Waals surface area (Å²) in [5.74, 6) is 0.762. The molecule has 1 N–H and O–H groups in total. The van der Waals surface area contributed by atoms with Crippen LogP contribution in [-0.4, -0.2) is 42.7 Å². The molecule has 1 aliphatic carbocycles. The van der Waals surface area contributed by atoms with Gasteiger partial charge in [-0.15, -0.1) is 0 Å². The van der Waals surface area contributed by atoms with Crippen LogP contribution in [0.2, 0.25) is 0 Å². The molecule has 1 atom stereocenters. The molecule has 19 heavy (non-hydrogen) atoms. The summed E-state index contributed by atoms with van der Waals surface area (Å²) in [4.78, 5) is 13.9. The molecule has 0 radical (unpaired) electrons. The van der Waals surface area contributed by atoms with Crippen molar-refractivity contribution in [2.75, 3.05) is 20.7 Å². The van der Waals surface area contributed by atoms with Gasteiger partial charge in [-0.2, -0.15) is 0 Å². The van der Waals surface area contributed by atoms with Gasteiger partial charge in [-0.3, -0.25) is 4.79 Å². The second-order valence-corrected chi connectivity index (χ2v) is 5.85. The Morgan fingerprint density at radius 2 is 2.26 bits per heavy atom. The fourth-order valence-electron chi connectivity index (χ4n) is 2.04. The zero-order valence-corrected chi connectivity index (χ0v) is 12.7. The second-order valence-electron chi connectivity index (χ2n) is 4.94. The number of likely N-dealkylation sites (N-methyl/N-ethyl adjacent to an activating group) is 1. The fraction of sp³-hybridized carbons (Fsp3) is 0.500. The SMILES string of the molecule is COc1cc(Br)ccc1C(=O)N(C)CC(O)C1CC1. The molecule has 1 fully saturated rings. The zero-order chi connectivity index (χ0) is 14.0. The van der Waals surface area contributed by atoms with E-state index in [0.29, 0.717) is 23.8 Å². The van der Waals surface area contributed by atoms with Crippen molar-refractivity contribution in [3.05, 3.63) is 28.2 Å². The van der Waals surface area contributed by atoms with Crippen LogP contribution in [0, 0.1) is 5.92 Å². The van der Waals surface area contributed by atoms with Gasteiger partial charge in [0.25, 0.3) is 5.91 Å². The van der Waals surface area contributed by atoms with Gasteiger partial charge in [0.05, 0.1) is 18.8 Å². The number of rotatable bonds is 5. The standard InChI is InChI=1S/C14H18BrNO3/c1-16(8-12(17)9-3-4-9)14(18)11-6-5-10(15)7-13(11)19-2/h5-7,9,12,17H,3-4,8H2,1-2H3. The van der Waals surface area contributed by atoms with Crippen LogP contribution in [0.15, 0.2) is 22.7 Å². The molecule has 1 aromatic carbocycles. The smallest absolute Gasteiger partial charge is 0.257 e. The van der Waals surface area contributed by atoms with Crippen molar-refractivity contribution >= 4 is 21.8 Å². The maximum absolute atomic E-state index is 12.3. The summed E-state index contributed by atoms with van der Waals surface area (Å²) < 4.78 is 6.08. The molecule has 1 unspecified atom stereocenters. The predicted molar refractivity (Wildman–Crippen MR) is 76.4 cm³/mol. The maximum Gasteiger partial charge on any atom is 0.257 e. The molecule has 1 aromatic rings. The van der Waals surface area contributed by atoms with E-state index in [1.807, 2.05) is 0 Å². The molecule has 4 nitrogen and oxygen atoms in total. The zero-order valence-electron chi connectivity index (χ0n) is 11.1. The topological polar surface area (TPSA) is 49.8 Å². The molecule has 0 aliphatic heterocycles. The summed E-state index contributed by atoms with van der Waals surface area (Å²) in [6, 6.07) is 5.30. The molecule has 1 aliphatic rings. The predicted octanol–water partition coefficient (Wildman–Crippen LogP) is 2.30. The Morgan fingerprint density at radius 3 is 2.84 bits per heavy atom. The van der Waals surface area contributed by atoms with Gasteiger partial charge in [-0.25, -0.2) is 0 Å². The van der Waals surface area contributed by atoms with Crippen LogP contribution in [0.1, 0.15) is 23.2 Å². The van der Waals surface area contributed by atoms with E-state index in [-0.39, 0.29) is 5.91 Å². The lowest BCUT2D eigenvalue weighted by atomic mass is 10.1. The summed E-state index contributed by atoms with van der Waals surface area (Å²) in [6.07, 6.45) is 1.70. The van der Waals surface area contributed by atoms with Crippen LogP contribution in [0.4, 0.5) is 0 Å². The highest BCUT2D eigenvalue weighted by molar-refractivity contribution is 9.10. The minimum atomic E-state index is -0.421. The van der Waals surface area contributed by atoms with E-state index in [9.17, 15) is 9.90 Å². The quantitative estimate of drug-likeness (QED) is 0.902. The third-order valence-corrected chi connectivity index (χ3v) is 3.86. The largest absolute Gasteiger partial charge is 0.496 e. The summed E-state index contributed by atoms with van der Waals surface area (Å²) in [7, 11) is 3.24. The highest BCUT2D eigenvalue weighted by atomic mass is 79.9. The fourth-order valence-corrected chi connectivity index (χ4v) is 2.38. The first-order valence-corrected chi connectivity index (χ1v) is 7.09. The Balaban J connectivity index is 2.09. The Labute approximate surface area is 121 Å². The van der Waals surface area contributed by atoms with E-state index in [1.165, 1.54) is 7.11 Å². The first-order valence-electron chi connectivity index (χ1n) is 6.30. The molecule has 5 heteroatoms. The van der Waals surface area contributed by atoms with Gasteiger partial charge in [0.1, 0.15) is 5.75 Å². The lowest BCUT2D eigenvalue weighted by Crippen LogP contribution is -2.35. The van der Waals surface area contributed by atoms with E-state index in [1.54, 1.807) is 30.1 Å². The third-order valence-electron chi connectivity index (χ3n) is 3.37. The number of methoxy groups -OCH3 is 1. The van der Waals surface area contributed by atoms with Crippen molar-refractivity contribution < 1.29 is 14.6 Å². The Hall–Kier alpha value is -1.07. The number of aliphatic hydroxyl groups excluding tert-OH is 1. The number of benzene rings is 1. The number of hydrogen-bond donors (Lipinski definition) is 1. The number of aliphatic hydroxyl groups is 1. The molecule has 1 amide bonds. The van der Waals surface area contributed by atoms with Gasteiger partial charge in [0.15, 0.2) is 0 Å². The van der Waals surface area contributed by atoms with Crippen LogP contribution in [0.5, 0.6) is 5.75 Å². The lowest BCUT2D eigenvalue weighted by molar-refractivity contribution is 0.0642. The molecule has 0 aromatic heterocycles. The summed E-state index contributed by atoms with van der Waals surface area (Å²) in [5, 5.41) is 9.89. The van der Waals surface area contributed by atoms with E-state index < -0.39 is 6.10 Å². The molecule has 0 bridgehead atoms. The van der Waals surface area contributed by atoms with Crippen LogP contribution >= 0.6 is 15.9 Å². The maximum atomic E-state index is 12.3. The molecule has 1 saturated carbocycles. The minimum Gasteiger partial charge on any atom is -0.496 e. The van der Waals surface area contributed by atoms with Crippen molar-refractivity contribution in [2.45, 2.75) is 18.9 Å². The number of nitrogens with zero attached hydrogens (tertiary/aromatic N) is 1. The van der Waals surface area contributed by atoms with Gasteiger partial charge in [-0.1, -0.05) is 15.9 Å². The normalized spacial score (nSPS) is 16.0. The highest BCUT2D eigenvalue weighted by Crippen LogP contribution is 2.33. The van der Waals surface area contributed by atoms with Crippen molar-refractivity contribution in [1.82, 2.24) is 4.90 Å². The number of amides is 1. The van der Waals surface area contributed by atoms with E-state index in [2.05, 4.69) is 15.9 Å². The summed E-state index contributed by atoms with van der Waals surface area (Å²) in [5.41, 5.74) is 0.510. The first-order chi connectivity index (χ1) is 9.02. The second kappa shape index (κ2) is 5.92. The first kappa shape index (κ1) is 14.3. The van der Waals surface area contributed by atoms with Gasteiger partial charge >= 0.3 is 0 Å². The number of carbonyl (C=O) groups excluding carboxylic acids is 1. The molecule has 0 heterocycles. The van der Waals surface area contributed by atoms with Gasteiger partial charge in [0.2, 0.25) is 0 Å². The molecular weight excluding hydrogens is 310 g/mol. The third kappa shape index (κ3) is 3.48. The van der Waals surface area contributed by atoms with Crippen LogP contribution in [0.25, 0.3) is 0 Å². The van der Waals surface area contributed by atoms with E-state index in [4.69, 9.17) is 4.74 Å². The average Bonchev–Trinajstić information content (AvgIpc) is 3.21. The minimum absolute atomic E-state index is 0.135. The number of ether oxygens (including phenoxy) is 1. The molecular formula is C14H18BrNO3. The Bertz CT molecular complexity index is 474. The van der Waals surface area contributed by atoms with Crippen LogP contribution in [-0.2, 0) is 0 Å². The lowest BCUT2D eigenvalue weighted by Gasteiger charge is -2.21. The molecule has 104 valence electrons. The van der Waals surface area contributed by atoms with E-state index >= 15 is 0 Å². The average molecular weight is 328 g/mol. The van der Waals surface area contributed by atoms with Gasteiger partial charge in [-0.05, 0) is 37.0 Å². The van der Waals surface area contributed by atoms with Crippen molar-refractivity contribution in [1.29, 1.82) is 0 Å². The monoisotopic (exact) mass is 327 g/mol. The Kier molecular flexibility index (Phi) is 4.47. The van der Waals surface area contributed by atoms with Gasteiger partial charge in [0, 0.05) is 18.1 Å². The van der Waals surface area contributed by atoms with Crippen LogP contribution < -0.4 is 4.74 Å². The van der Waals surface area contributed by atoms with Gasteiger partial charge < -0.3 is 14.7 Å². The van der Waals surface area contributed by atoms with E-state index in [0.717, 1.165) is 17.3 Å². The number of carbonyl (C=O) groups is 1. The number of halogens is 1. The number of hydrogen-bond acceptors (Lipinski definition) is 3. The summed E-state index contributed by atoms with van der Waals surface area (Å²) in [6.45, 7) is 0.364. The molecule has 0 saturated heterocycles. The van der Waals surface area contributed by atoms with Crippen LogP contribution in [0.3, 0.4) is 0 Å². The van der Waals surface area contributed by atoms with Crippen molar-refractivity contribution in [3.63, 3.8) is 0 Å². The molecule has 0 spiro atoms. The Morgan fingerprint density at radius 1 is 1.58 bits per heavy atom. The summed E-state index contributed by atoms with van der Waals surface area (Å²) >= 11 is 3.35. The molecule has 2 rings (SSSR count). The van der Waals surface area contributed by atoms with Crippen molar-refractivity contribution in [2.24, 2.45) is 5.92 Å². The van der Waals surface area contributed by atoms with Crippen molar-refractivity contribution in [3.8, 4) is 5.75 Å².